The van der Waals surface area contributed by atoms with Crippen molar-refractivity contribution in [3.63, 3.8) is 0 Å². The summed E-state index contributed by atoms with van der Waals surface area (Å²) in [5.41, 5.74) is 7.01. The molecule has 0 aliphatic carbocycles. The van der Waals surface area contributed by atoms with E-state index in [1.165, 1.54) is 33.5 Å². The molecule has 0 atom stereocenters. The molecule has 4 aromatic heterocycles. The zero-order chi connectivity index (χ0) is 103. The topological polar surface area (TPSA) is 433 Å². The van der Waals surface area contributed by atoms with Crippen LogP contribution >= 0.6 is 152 Å². The van der Waals surface area contributed by atoms with E-state index in [-0.39, 0.29) is 188 Å². The molecule has 0 aliphatic rings. The van der Waals surface area contributed by atoms with Crippen molar-refractivity contribution in [3.8, 4) is 44.5 Å². The maximum absolute atomic E-state index is 13.2. The van der Waals surface area contributed by atoms with Crippen molar-refractivity contribution >= 4 is 181 Å². The van der Waals surface area contributed by atoms with Crippen molar-refractivity contribution in [2.24, 2.45) is 0 Å². The maximum Gasteiger partial charge on any atom is 1.00 e. The molecule has 0 saturated carbocycles. The average Bonchev–Trinajstić information content (AvgIpc) is 0.810. The van der Waals surface area contributed by atoms with E-state index in [2.05, 4.69) is 47.1 Å². The summed E-state index contributed by atoms with van der Waals surface area (Å²) in [4.78, 5) is 127. The molecular weight excluding hydrogens is 2150 g/mol. The van der Waals surface area contributed by atoms with E-state index in [0.29, 0.717) is 53.3 Å². The molecule has 45 heteroatoms. The second-order valence-corrected chi connectivity index (χ2v) is 40.8. The van der Waals surface area contributed by atoms with Crippen LogP contribution < -0.4 is 94.9 Å². The molecule has 0 unspecified atom stereocenters. The number of H-pyrrole nitrogens is 1. The predicted molar refractivity (Wildman–Crippen MR) is 558 cm³/mol. The summed E-state index contributed by atoms with van der Waals surface area (Å²) >= 11 is 63.6. The summed E-state index contributed by atoms with van der Waals surface area (Å²) in [6.07, 6.45) is 6.21. The van der Waals surface area contributed by atoms with Gasteiger partial charge in [-0.1, -0.05) is 226 Å². The normalized spacial score (nSPS) is 11.1. The Morgan fingerprint density at radius 3 is 0.859 bits per heavy atom. The number of carbonyl (C=O) groups is 5. The van der Waals surface area contributed by atoms with Crippen LogP contribution in [0.25, 0.3) is 44.5 Å². The molecule has 756 valence electrons. The van der Waals surface area contributed by atoms with Gasteiger partial charge in [0.25, 0.3) is 40.3 Å². The van der Waals surface area contributed by atoms with Gasteiger partial charge in [0.15, 0.2) is 6.07 Å². The van der Waals surface area contributed by atoms with Crippen molar-refractivity contribution in [3.05, 3.63) is 369 Å². The van der Waals surface area contributed by atoms with Gasteiger partial charge in [-0.05, 0) is 223 Å². The van der Waals surface area contributed by atoms with Gasteiger partial charge < -0.3 is 65.3 Å². The molecule has 0 spiro atoms. The molecule has 30 nitrogen and oxygen atoms in total. The van der Waals surface area contributed by atoms with Gasteiger partial charge in [-0.25, -0.2) is 23.0 Å². The second-order valence-electron chi connectivity index (χ2n) is 33.5. The van der Waals surface area contributed by atoms with Gasteiger partial charge in [-0.15, -0.1) is 11.6 Å². The number of nitrogens with zero attached hydrogens (tertiary/aromatic N) is 3. The third-order valence-corrected chi connectivity index (χ3v) is 24.6. The van der Waals surface area contributed by atoms with Crippen LogP contribution in [0.4, 0.5) is 4.79 Å². The van der Waals surface area contributed by atoms with Crippen LogP contribution in [0.1, 0.15) is 147 Å². The molecule has 0 fully saturated rings. The summed E-state index contributed by atoms with van der Waals surface area (Å²) in [6.45, 7) is 22.8. The number of phosphoric ester groups is 2. The standard InChI is InChI=1S/C28H33Cl2N2O6P.C20H15Cl3N2O2.C20H17Cl2N2O6P.C19H14Cl2N2O2.C8H18O2P.C2H2Cl2O2.K.2H2O/c1-27(2,3)37-39(35,38-28(4,5)6)36-18-32-15-14-21(16-24(32)33)20-12-10-19(11-13-20)17-31-26(34)25-22(29)8-7-9-23(25)30;21-12-25-9-8-15(10-18(25)26)14-6-4-13(5-7-14)11-24-20(27)19-16(22)2-1-3-17(19)23;21-16-2-1-3-17(22)19(16)20(26)23-11-13-4-6-14(7-5-13)15-8-9-24(18(25)10-15)12-30-31(27,28)29;20-15-2-1-3-16(21)18(15)19(25)23-11-12-4-6-13(7-5-12)14-8-9-22-17(24)10-14;1-7(2,3)9-11-10-8(4,5)6;3-1-6-2(4)5;;;/h7-16H,17-18H2,1-6H3,(H,31,34);1-10H,11-12H2,(H,24,27);1-10H,11-12H2,(H,23,26)(H2,27,28,29);1-10H,11H2,(H,22,24)(H,23,25);1-6H3;1H2;;2*1H2/q;;;;-1;;+1;;/p-1. The number of aromatic amines is 1. The van der Waals surface area contributed by atoms with Crippen LogP contribution in [0.15, 0.2) is 262 Å². The first-order chi connectivity index (χ1) is 65.2. The third kappa shape index (κ3) is 44.5. The van der Waals surface area contributed by atoms with E-state index >= 15 is 0 Å². The van der Waals surface area contributed by atoms with Crippen molar-refractivity contribution in [2.75, 3.05) is 6.07 Å². The number of hydrogen-bond acceptors (Lipinski definition) is 19. The summed E-state index contributed by atoms with van der Waals surface area (Å²) in [5, 5.41) is 13.5. The quantitative estimate of drug-likeness (QED) is 0.0104. The first kappa shape index (κ1) is 127. The maximum atomic E-state index is 13.2. The fourth-order valence-corrected chi connectivity index (χ4v) is 16.7. The van der Waals surface area contributed by atoms with Gasteiger partial charge in [0, 0.05) is 98.0 Å². The summed E-state index contributed by atoms with van der Waals surface area (Å²) in [5.74, 6) is -1.42. The minimum Gasteiger partial charge on any atom is -0.870 e. The first-order valence-electron chi connectivity index (χ1n) is 41.6. The summed E-state index contributed by atoms with van der Waals surface area (Å²) < 4.78 is 63.4. The smallest absolute Gasteiger partial charge is 0.870 e. The van der Waals surface area contributed by atoms with Crippen molar-refractivity contribution < 1.29 is 137 Å². The number of pyridine rings is 4. The van der Waals surface area contributed by atoms with Crippen LogP contribution in [0.5, 0.6) is 0 Å². The van der Waals surface area contributed by atoms with Gasteiger partial charge in [-0.2, -0.15) is 0 Å². The number of amides is 4. The number of benzene rings is 8. The van der Waals surface area contributed by atoms with E-state index in [9.17, 15) is 52.3 Å². The Balaban J connectivity index is 0.000000375. The van der Waals surface area contributed by atoms with E-state index in [1.807, 2.05) is 126 Å². The SMILES string of the molecule is CC(C)(C)OP(=O)(OCn1ccc(-c2ccc(CNC(=O)c3c(Cl)cccc3Cl)cc2)cc1=O)OC(C)(C)C.CC(C)(C)O[P-]OC(C)(C)C.O.O=C(Cl)OCCl.O=C(NCc1ccc(-c2cc[nH]c(=O)c2)cc1)c1c(Cl)cccc1Cl.O=C(NCc1ccc(-c2ccn(CCl)c(=O)c2)cc1)c1c(Cl)cccc1Cl.O=C(NCc1ccc(-c2ccn(COP(=O)(O)O)c(=O)c2)cc1)c1c(Cl)cccc1Cl.[K+].[OH-]. The Morgan fingerprint density at radius 1 is 0.380 bits per heavy atom. The van der Waals surface area contributed by atoms with Crippen molar-refractivity contribution in [2.45, 2.75) is 151 Å². The predicted octanol–water partition coefficient (Wildman–Crippen LogP) is 21.5. The van der Waals surface area contributed by atoms with Gasteiger partial charge in [0.2, 0.25) is 5.56 Å². The van der Waals surface area contributed by atoms with Crippen molar-refractivity contribution in [1.82, 2.24) is 40.0 Å². The number of phosphoric acid groups is 2. The van der Waals surface area contributed by atoms with Crippen LogP contribution in [-0.2, 0) is 86.7 Å². The molecule has 0 radical (unpaired) electrons. The summed E-state index contributed by atoms with van der Waals surface area (Å²) in [6, 6.07) is 62.1. The number of hydrogen-bond donors (Lipinski definition) is 7. The minimum absolute atomic E-state index is 0. The van der Waals surface area contributed by atoms with Crippen LogP contribution in [0.2, 0.25) is 40.2 Å². The molecule has 0 bridgehead atoms. The van der Waals surface area contributed by atoms with E-state index in [4.69, 9.17) is 148 Å². The largest absolute Gasteiger partial charge is 1.00 e. The molecule has 0 saturated heterocycles. The Kier molecular flexibility index (Phi) is 53.4. The number of halogens is 11. The zero-order valence-electron chi connectivity index (χ0n) is 78.8. The molecule has 4 heterocycles. The number of ether oxygens (including phenoxy) is 1. The van der Waals surface area contributed by atoms with E-state index < -0.39 is 44.6 Å². The van der Waals surface area contributed by atoms with Gasteiger partial charge in [-0.3, -0.25) is 65.6 Å². The fourth-order valence-electron chi connectivity index (χ4n) is 11.5. The van der Waals surface area contributed by atoms with Gasteiger partial charge >= 0.3 is 72.5 Å². The first-order valence-corrected chi connectivity index (χ1v) is 49.8. The van der Waals surface area contributed by atoms with E-state index in [1.54, 1.807) is 175 Å². The zero-order valence-corrected chi connectivity index (χ0v) is 92.9. The summed E-state index contributed by atoms with van der Waals surface area (Å²) in [7, 11) is -8.04. The minimum atomic E-state index is -4.67. The van der Waals surface area contributed by atoms with Gasteiger partial charge in [0.05, 0.1) is 73.6 Å². The number of aromatic nitrogens is 4. The molecular formula is C97H102Cl11KN8O22P3-. The Morgan fingerprint density at radius 2 is 0.641 bits per heavy atom. The second kappa shape index (κ2) is 59.9. The number of carbonyl (C=O) groups excluding carboxylic acids is 5. The Hall–Kier alpha value is -7.77. The number of alkyl halides is 2. The number of rotatable bonds is 28. The van der Waals surface area contributed by atoms with Crippen LogP contribution in [0, 0.1) is 0 Å². The van der Waals surface area contributed by atoms with E-state index in [0.717, 1.165) is 60.2 Å². The number of nitrogens with one attached hydrogen (secondary N) is 5. The molecule has 142 heavy (non-hydrogen) atoms. The van der Waals surface area contributed by atoms with Crippen LogP contribution in [0.3, 0.4) is 0 Å². The molecule has 12 rings (SSSR count). The average molecular weight is 2250 g/mol. The monoisotopic (exact) mass is 2250 g/mol. The Bertz CT molecular complexity index is 6470. The Labute approximate surface area is 920 Å². The van der Waals surface area contributed by atoms with Gasteiger partial charge in [0.1, 0.15) is 19.5 Å². The molecule has 4 amide bonds. The van der Waals surface area contributed by atoms with Crippen LogP contribution in [-0.4, -0.2) is 97.0 Å². The molecule has 0 aliphatic heterocycles. The molecule has 10 N–H and O–H groups in total. The fraction of sp³-hybridized carbons (Fsp3) is 0.247. The molecule has 8 aromatic carbocycles. The molecule has 12 aromatic rings. The van der Waals surface area contributed by atoms with Crippen molar-refractivity contribution in [1.29, 1.82) is 0 Å². The third-order valence-electron chi connectivity index (χ3n) is 17.9.